The Morgan fingerprint density at radius 1 is 1.08 bits per heavy atom. The quantitative estimate of drug-likeness (QED) is 0.848. The second-order valence-electron chi connectivity index (χ2n) is 7.17. The van der Waals surface area contributed by atoms with Crippen LogP contribution in [0.4, 0.5) is 0 Å². The molecule has 1 aliphatic carbocycles. The molecule has 1 saturated carbocycles. The van der Waals surface area contributed by atoms with Gasteiger partial charge >= 0.3 is 0 Å². The molecule has 0 radical (unpaired) electrons. The predicted octanol–water partition coefficient (Wildman–Crippen LogP) is 4.17. The van der Waals surface area contributed by atoms with E-state index in [1.165, 1.54) is 0 Å². The minimum absolute atomic E-state index is 0.100. The lowest BCUT2D eigenvalue weighted by atomic mass is 9.92. The van der Waals surface area contributed by atoms with E-state index in [9.17, 15) is 9.90 Å². The van der Waals surface area contributed by atoms with E-state index in [1.54, 1.807) is 0 Å². The molecule has 0 bridgehead atoms. The van der Waals surface area contributed by atoms with Crippen molar-refractivity contribution >= 4 is 5.91 Å². The first-order chi connectivity index (χ1) is 12.5. The maximum absolute atomic E-state index is 12.5. The number of carbonyl (C=O) groups is 1. The van der Waals surface area contributed by atoms with Crippen LogP contribution in [-0.2, 0) is 0 Å². The van der Waals surface area contributed by atoms with Gasteiger partial charge in [-0.3, -0.25) is 4.79 Å². The molecular weight excluding hydrogens is 326 g/mol. The smallest absolute Gasteiger partial charge is 0.251 e. The van der Waals surface area contributed by atoms with Gasteiger partial charge in [0.25, 0.3) is 5.91 Å². The van der Waals surface area contributed by atoms with Crippen molar-refractivity contribution in [3.8, 4) is 16.9 Å². The van der Waals surface area contributed by atoms with Gasteiger partial charge in [-0.1, -0.05) is 43.2 Å². The topological polar surface area (TPSA) is 58.6 Å². The molecule has 26 heavy (non-hydrogen) atoms. The van der Waals surface area contributed by atoms with Crippen LogP contribution >= 0.6 is 0 Å². The first-order valence-corrected chi connectivity index (χ1v) is 9.39. The van der Waals surface area contributed by atoms with E-state index in [-0.39, 0.29) is 18.1 Å². The molecule has 2 aromatic carbocycles. The van der Waals surface area contributed by atoms with Crippen LogP contribution in [0.5, 0.6) is 5.75 Å². The maximum atomic E-state index is 12.5. The van der Waals surface area contributed by atoms with Gasteiger partial charge in [-0.15, -0.1) is 0 Å². The summed E-state index contributed by atoms with van der Waals surface area (Å²) >= 11 is 0. The zero-order valence-corrected chi connectivity index (χ0v) is 15.4. The third kappa shape index (κ3) is 4.44. The third-order valence-corrected chi connectivity index (χ3v) is 4.75. The first kappa shape index (κ1) is 18.5. The van der Waals surface area contributed by atoms with Crippen molar-refractivity contribution in [2.45, 2.75) is 57.8 Å². The molecule has 3 rings (SSSR count). The summed E-state index contributed by atoms with van der Waals surface area (Å²) in [6.45, 7) is 4.01. The largest absolute Gasteiger partial charge is 0.490 e. The van der Waals surface area contributed by atoms with Gasteiger partial charge in [0.05, 0.1) is 18.2 Å². The van der Waals surface area contributed by atoms with Crippen LogP contribution in [0.25, 0.3) is 11.1 Å². The second-order valence-corrected chi connectivity index (χ2v) is 7.17. The molecule has 0 unspecified atom stereocenters. The summed E-state index contributed by atoms with van der Waals surface area (Å²) in [6, 6.07) is 15.3. The molecule has 1 aliphatic rings. The summed E-state index contributed by atoms with van der Waals surface area (Å²) < 4.78 is 5.88. The summed E-state index contributed by atoms with van der Waals surface area (Å²) in [4.78, 5) is 12.5. The second kappa shape index (κ2) is 8.37. The van der Waals surface area contributed by atoms with Crippen LogP contribution in [0.15, 0.2) is 48.5 Å². The Morgan fingerprint density at radius 2 is 1.77 bits per heavy atom. The summed E-state index contributed by atoms with van der Waals surface area (Å²) in [5.74, 6) is 0.708. The monoisotopic (exact) mass is 353 g/mol. The fourth-order valence-corrected chi connectivity index (χ4v) is 3.39. The van der Waals surface area contributed by atoms with Gasteiger partial charge in [-0.2, -0.15) is 0 Å². The molecule has 2 aromatic rings. The van der Waals surface area contributed by atoms with Gasteiger partial charge < -0.3 is 15.2 Å². The van der Waals surface area contributed by atoms with Gasteiger partial charge in [0.2, 0.25) is 0 Å². The average Bonchev–Trinajstić information content (AvgIpc) is 2.64. The van der Waals surface area contributed by atoms with Crippen LogP contribution in [0.2, 0.25) is 0 Å². The number of benzene rings is 2. The van der Waals surface area contributed by atoms with Crippen molar-refractivity contribution in [2.24, 2.45) is 0 Å². The highest BCUT2D eigenvalue weighted by molar-refractivity contribution is 5.95. The SMILES string of the molecule is CC(C)Oc1ccccc1-c1ccc(C(=O)N[C@H]2CCCC[C@@H]2O)cc1. The first-order valence-electron chi connectivity index (χ1n) is 9.39. The Balaban J connectivity index is 1.73. The Hall–Kier alpha value is -2.33. The van der Waals surface area contributed by atoms with Crippen LogP contribution in [0.1, 0.15) is 49.9 Å². The van der Waals surface area contributed by atoms with Gasteiger partial charge in [-0.25, -0.2) is 0 Å². The van der Waals surface area contributed by atoms with Crippen LogP contribution < -0.4 is 10.1 Å². The Morgan fingerprint density at radius 3 is 2.46 bits per heavy atom. The van der Waals surface area contributed by atoms with E-state index in [4.69, 9.17) is 4.74 Å². The fourth-order valence-electron chi connectivity index (χ4n) is 3.39. The number of hydrogen-bond acceptors (Lipinski definition) is 3. The number of amides is 1. The Bertz CT molecular complexity index is 739. The van der Waals surface area contributed by atoms with Gasteiger partial charge in [0, 0.05) is 11.1 Å². The van der Waals surface area contributed by atoms with Crippen LogP contribution in [-0.4, -0.2) is 29.3 Å². The molecule has 4 nitrogen and oxygen atoms in total. The Labute approximate surface area is 155 Å². The minimum Gasteiger partial charge on any atom is -0.490 e. The van der Waals surface area contributed by atoms with E-state index < -0.39 is 6.10 Å². The number of aliphatic hydroxyl groups is 1. The van der Waals surface area contributed by atoms with Crippen molar-refractivity contribution in [2.75, 3.05) is 0 Å². The normalized spacial score (nSPS) is 20.0. The Kier molecular flexibility index (Phi) is 5.94. The molecule has 2 atom stereocenters. The summed E-state index contributed by atoms with van der Waals surface area (Å²) in [7, 11) is 0. The summed E-state index contributed by atoms with van der Waals surface area (Å²) in [5, 5.41) is 13.0. The van der Waals surface area contributed by atoms with Crippen LogP contribution in [0.3, 0.4) is 0 Å². The molecule has 2 N–H and O–H groups in total. The van der Waals surface area contributed by atoms with Crippen molar-refractivity contribution in [3.63, 3.8) is 0 Å². The number of para-hydroxylation sites is 1. The van der Waals surface area contributed by atoms with Crippen molar-refractivity contribution in [1.82, 2.24) is 5.32 Å². The highest BCUT2D eigenvalue weighted by Gasteiger charge is 2.24. The number of hydrogen-bond donors (Lipinski definition) is 2. The number of carbonyl (C=O) groups excluding carboxylic acids is 1. The van der Waals surface area contributed by atoms with E-state index in [0.717, 1.165) is 42.6 Å². The molecule has 0 aromatic heterocycles. The van der Waals surface area contributed by atoms with Crippen molar-refractivity contribution < 1.29 is 14.6 Å². The molecule has 4 heteroatoms. The van der Waals surface area contributed by atoms with Crippen LogP contribution in [0, 0.1) is 0 Å². The van der Waals surface area contributed by atoms with Gasteiger partial charge in [0.1, 0.15) is 5.75 Å². The molecule has 138 valence electrons. The van der Waals surface area contributed by atoms with Crippen molar-refractivity contribution in [3.05, 3.63) is 54.1 Å². The third-order valence-electron chi connectivity index (χ3n) is 4.75. The predicted molar refractivity (Wildman–Crippen MR) is 103 cm³/mol. The van der Waals surface area contributed by atoms with E-state index in [1.807, 2.05) is 62.4 Å². The lowest BCUT2D eigenvalue weighted by molar-refractivity contribution is 0.0717. The molecule has 0 saturated heterocycles. The highest BCUT2D eigenvalue weighted by Crippen LogP contribution is 2.30. The van der Waals surface area contributed by atoms with Gasteiger partial charge in [-0.05, 0) is 50.5 Å². The molecule has 1 amide bonds. The zero-order chi connectivity index (χ0) is 18.5. The minimum atomic E-state index is -0.438. The number of ether oxygens (including phenoxy) is 1. The zero-order valence-electron chi connectivity index (χ0n) is 15.4. The van der Waals surface area contributed by atoms with Crippen molar-refractivity contribution in [1.29, 1.82) is 0 Å². The maximum Gasteiger partial charge on any atom is 0.251 e. The fraction of sp³-hybridized carbons (Fsp3) is 0.409. The summed E-state index contributed by atoms with van der Waals surface area (Å²) in [6.07, 6.45) is 3.34. The van der Waals surface area contributed by atoms with E-state index in [0.29, 0.717) is 5.56 Å². The van der Waals surface area contributed by atoms with Gasteiger partial charge in [0.15, 0.2) is 0 Å². The highest BCUT2D eigenvalue weighted by atomic mass is 16.5. The lowest BCUT2D eigenvalue weighted by Gasteiger charge is -2.28. The standard InChI is InChI=1S/C22H27NO3/c1-15(2)26-21-10-6-3-7-18(21)16-11-13-17(14-12-16)22(25)23-19-8-4-5-9-20(19)24/h3,6-7,10-15,19-20,24H,4-5,8-9H2,1-2H3,(H,23,25)/t19-,20-/m0/s1. The average molecular weight is 353 g/mol. The summed E-state index contributed by atoms with van der Waals surface area (Å²) in [5.41, 5.74) is 2.63. The number of rotatable bonds is 5. The molecule has 0 spiro atoms. The molecule has 0 aliphatic heterocycles. The molecule has 0 heterocycles. The molecular formula is C22H27NO3. The molecule has 1 fully saturated rings. The van der Waals surface area contributed by atoms with E-state index >= 15 is 0 Å². The number of nitrogens with one attached hydrogen (secondary N) is 1. The van der Waals surface area contributed by atoms with E-state index in [2.05, 4.69) is 5.32 Å². The number of aliphatic hydroxyl groups excluding tert-OH is 1. The lowest BCUT2D eigenvalue weighted by Crippen LogP contribution is -2.45.